The number of anilines is 1. The minimum absolute atomic E-state index is 0.157. The predicted octanol–water partition coefficient (Wildman–Crippen LogP) is 3.26. The number of nitrogens with zero attached hydrogens (tertiary/aromatic N) is 3. The van der Waals surface area contributed by atoms with Gasteiger partial charge in [0.25, 0.3) is 0 Å². The van der Waals surface area contributed by atoms with E-state index in [2.05, 4.69) is 44.1 Å². The van der Waals surface area contributed by atoms with Crippen LogP contribution in [0.3, 0.4) is 0 Å². The summed E-state index contributed by atoms with van der Waals surface area (Å²) >= 11 is 3.50. The van der Waals surface area contributed by atoms with Crippen LogP contribution in [0.4, 0.5) is 5.69 Å². The topological polar surface area (TPSA) is 37.7 Å². The zero-order valence-electron chi connectivity index (χ0n) is 12.7. The molecule has 0 saturated carbocycles. The summed E-state index contributed by atoms with van der Waals surface area (Å²) in [6.07, 6.45) is 0.157. The quantitative estimate of drug-likeness (QED) is 0.866. The van der Waals surface area contributed by atoms with Crippen molar-refractivity contribution in [3.05, 3.63) is 23.2 Å². The van der Waals surface area contributed by atoms with Gasteiger partial charge in [0, 0.05) is 32.6 Å². The van der Waals surface area contributed by atoms with Gasteiger partial charge in [-0.2, -0.15) is 0 Å². The summed E-state index contributed by atoms with van der Waals surface area (Å²) in [6.45, 7) is 2.07. The molecule has 2 unspecified atom stereocenters. The fourth-order valence-corrected chi connectivity index (χ4v) is 4.43. The highest BCUT2D eigenvalue weighted by Gasteiger charge is 2.26. The van der Waals surface area contributed by atoms with Gasteiger partial charge in [-0.3, -0.25) is 4.99 Å². The zero-order valence-corrected chi connectivity index (χ0v) is 14.3. The third-order valence-corrected chi connectivity index (χ3v) is 5.89. The maximum absolute atomic E-state index is 5.38. The first-order chi connectivity index (χ1) is 10.1. The van der Waals surface area contributed by atoms with Gasteiger partial charge in [-0.05, 0) is 25.1 Å². The van der Waals surface area contributed by atoms with Crippen LogP contribution >= 0.6 is 23.1 Å². The number of methoxy groups -OCH3 is 1. The van der Waals surface area contributed by atoms with Crippen molar-refractivity contribution in [3.8, 4) is 0 Å². The summed E-state index contributed by atoms with van der Waals surface area (Å²) in [7, 11) is 5.84. The highest BCUT2D eigenvalue weighted by atomic mass is 32.2. The van der Waals surface area contributed by atoms with E-state index in [1.54, 1.807) is 30.2 Å². The molecule has 1 aliphatic heterocycles. The average Bonchev–Trinajstić information content (AvgIpc) is 3.11. The molecular formula is C15H19N3OS2. The highest BCUT2D eigenvalue weighted by Crippen LogP contribution is 2.32. The summed E-state index contributed by atoms with van der Waals surface area (Å²) in [5.41, 5.74) is 2.25. The molecule has 1 aliphatic rings. The molecular weight excluding hydrogens is 302 g/mol. The van der Waals surface area contributed by atoms with E-state index in [4.69, 9.17) is 14.7 Å². The van der Waals surface area contributed by atoms with Crippen molar-refractivity contribution in [1.29, 1.82) is 0 Å². The number of thiazole rings is 1. The Morgan fingerprint density at radius 2 is 2.19 bits per heavy atom. The Kier molecular flexibility index (Phi) is 4.19. The van der Waals surface area contributed by atoms with Crippen molar-refractivity contribution in [2.45, 2.75) is 19.1 Å². The molecule has 2 heterocycles. The summed E-state index contributed by atoms with van der Waals surface area (Å²) < 4.78 is 6.59. The van der Waals surface area contributed by atoms with Gasteiger partial charge >= 0.3 is 0 Å². The number of hydrogen-bond donors (Lipinski definition) is 0. The molecule has 21 heavy (non-hydrogen) atoms. The number of ether oxygens (including phenoxy) is 1. The Morgan fingerprint density at radius 3 is 2.90 bits per heavy atom. The van der Waals surface area contributed by atoms with Crippen LogP contribution in [0.25, 0.3) is 10.2 Å². The normalized spacial score (nSPS) is 19.8. The van der Waals surface area contributed by atoms with E-state index in [0.717, 1.165) is 21.3 Å². The molecule has 1 aromatic heterocycles. The molecule has 0 radical (unpaired) electrons. The minimum atomic E-state index is 0.157. The van der Waals surface area contributed by atoms with Crippen molar-refractivity contribution in [3.63, 3.8) is 0 Å². The molecule has 0 fully saturated rings. The van der Waals surface area contributed by atoms with Gasteiger partial charge in [0.2, 0.25) is 0 Å². The molecule has 112 valence electrons. The predicted molar refractivity (Wildman–Crippen MR) is 93.2 cm³/mol. The van der Waals surface area contributed by atoms with E-state index in [1.165, 1.54) is 10.4 Å². The van der Waals surface area contributed by atoms with Crippen LogP contribution < -0.4 is 4.90 Å². The second kappa shape index (κ2) is 5.94. The monoisotopic (exact) mass is 321 g/mol. The van der Waals surface area contributed by atoms with Crippen LogP contribution in [-0.2, 0) is 4.74 Å². The summed E-state index contributed by atoms with van der Waals surface area (Å²) in [6, 6.07) is 6.61. The van der Waals surface area contributed by atoms with Crippen molar-refractivity contribution >= 4 is 44.0 Å². The molecule has 0 amide bonds. The van der Waals surface area contributed by atoms with E-state index in [0.29, 0.717) is 0 Å². The first-order valence-corrected chi connectivity index (χ1v) is 8.70. The maximum Gasteiger partial charge on any atom is 0.149 e. The van der Waals surface area contributed by atoms with Crippen LogP contribution in [0.15, 0.2) is 23.2 Å². The van der Waals surface area contributed by atoms with Crippen molar-refractivity contribution in [2.75, 3.05) is 31.9 Å². The van der Waals surface area contributed by atoms with Crippen molar-refractivity contribution in [2.24, 2.45) is 4.99 Å². The van der Waals surface area contributed by atoms with Crippen LogP contribution in [0, 0.1) is 0 Å². The fourth-order valence-electron chi connectivity index (χ4n) is 2.19. The minimum Gasteiger partial charge on any atom is -0.379 e. The Bertz CT molecular complexity index is 681. The molecule has 2 atom stereocenters. The van der Waals surface area contributed by atoms with Crippen LogP contribution in [0.1, 0.15) is 11.9 Å². The lowest BCUT2D eigenvalue weighted by atomic mass is 10.2. The van der Waals surface area contributed by atoms with Crippen molar-refractivity contribution < 1.29 is 4.74 Å². The summed E-state index contributed by atoms with van der Waals surface area (Å²) in [5, 5.41) is 2.08. The second-order valence-electron chi connectivity index (χ2n) is 5.32. The van der Waals surface area contributed by atoms with Gasteiger partial charge in [0.15, 0.2) is 0 Å². The fraction of sp³-hybridized carbons (Fsp3) is 0.467. The average molecular weight is 321 g/mol. The van der Waals surface area contributed by atoms with Crippen molar-refractivity contribution in [1.82, 2.24) is 4.98 Å². The summed E-state index contributed by atoms with van der Waals surface area (Å²) in [4.78, 5) is 11.6. The Labute approximate surface area is 133 Å². The SMILES string of the molecule is COC(C)C1CSC(c2nc3ccc(N(C)C)cc3s2)=N1. The lowest BCUT2D eigenvalue weighted by Crippen LogP contribution is -2.23. The van der Waals surface area contributed by atoms with Gasteiger partial charge in [-0.1, -0.05) is 0 Å². The third-order valence-electron chi connectivity index (χ3n) is 3.66. The van der Waals surface area contributed by atoms with E-state index < -0.39 is 0 Å². The number of thioether (sulfide) groups is 1. The van der Waals surface area contributed by atoms with Crippen LogP contribution in [0.5, 0.6) is 0 Å². The lowest BCUT2D eigenvalue weighted by molar-refractivity contribution is 0.103. The molecule has 2 aromatic rings. The van der Waals surface area contributed by atoms with Crippen LogP contribution in [0.2, 0.25) is 0 Å². The van der Waals surface area contributed by atoms with E-state index in [9.17, 15) is 0 Å². The molecule has 0 aliphatic carbocycles. The number of hydrogen-bond acceptors (Lipinski definition) is 6. The van der Waals surface area contributed by atoms with E-state index in [-0.39, 0.29) is 12.1 Å². The number of aliphatic imine (C=N–C) groups is 1. The first-order valence-electron chi connectivity index (χ1n) is 6.90. The molecule has 4 nitrogen and oxygen atoms in total. The van der Waals surface area contributed by atoms with Gasteiger partial charge in [0.05, 0.1) is 22.4 Å². The van der Waals surface area contributed by atoms with Gasteiger partial charge < -0.3 is 9.64 Å². The van der Waals surface area contributed by atoms with Gasteiger partial charge in [-0.25, -0.2) is 4.98 Å². The first kappa shape index (κ1) is 14.8. The molecule has 3 rings (SSSR count). The Morgan fingerprint density at radius 1 is 1.38 bits per heavy atom. The lowest BCUT2D eigenvalue weighted by Gasteiger charge is -2.12. The standard InChI is InChI=1S/C15H19N3OS2/c1-9(19-4)12-8-20-14(17-12)15-16-11-6-5-10(18(2)3)7-13(11)21-15/h5-7,9,12H,8H2,1-4H3. The van der Waals surface area contributed by atoms with Gasteiger partial charge in [-0.15, -0.1) is 23.1 Å². The number of benzene rings is 1. The molecule has 0 bridgehead atoms. The molecule has 0 N–H and O–H groups in total. The maximum atomic E-state index is 5.38. The number of rotatable bonds is 4. The largest absolute Gasteiger partial charge is 0.379 e. The van der Waals surface area contributed by atoms with E-state index >= 15 is 0 Å². The highest BCUT2D eigenvalue weighted by molar-refractivity contribution is 8.15. The zero-order chi connectivity index (χ0) is 15.0. The Hall–Kier alpha value is -1.11. The summed E-state index contributed by atoms with van der Waals surface area (Å²) in [5.74, 6) is 0.975. The Balaban J connectivity index is 1.91. The number of fused-ring (bicyclic) bond motifs is 1. The second-order valence-corrected chi connectivity index (χ2v) is 7.36. The van der Waals surface area contributed by atoms with E-state index in [1.807, 2.05) is 0 Å². The molecule has 0 saturated heterocycles. The molecule has 1 aromatic carbocycles. The smallest absolute Gasteiger partial charge is 0.149 e. The third kappa shape index (κ3) is 2.93. The molecule has 0 spiro atoms. The number of aromatic nitrogens is 1. The van der Waals surface area contributed by atoms with Gasteiger partial charge in [0.1, 0.15) is 10.1 Å². The van der Waals surface area contributed by atoms with Crippen LogP contribution in [-0.4, -0.2) is 49.1 Å². The molecule has 6 heteroatoms.